The number of hydrogen-bond acceptors (Lipinski definition) is 1. The largest absolute Gasteiger partial charge is 0.385 e. The van der Waals surface area contributed by atoms with Gasteiger partial charge in [0.15, 0.2) is 0 Å². The first-order chi connectivity index (χ1) is 6.75. The van der Waals surface area contributed by atoms with Crippen molar-refractivity contribution in [3.05, 3.63) is 27.3 Å². The molecule has 0 bridgehead atoms. The molecule has 1 aliphatic carbocycles. The van der Waals surface area contributed by atoms with Gasteiger partial charge in [-0.15, -0.1) is 0 Å². The molecular formula is C12H16IN. The van der Waals surface area contributed by atoms with Gasteiger partial charge in [-0.25, -0.2) is 0 Å². The molecule has 0 atom stereocenters. The number of nitrogens with one attached hydrogen (secondary N) is 1. The minimum Gasteiger partial charge on any atom is -0.385 e. The summed E-state index contributed by atoms with van der Waals surface area (Å²) in [5.74, 6) is 0.925. The fourth-order valence-electron chi connectivity index (χ4n) is 1.66. The zero-order valence-electron chi connectivity index (χ0n) is 8.52. The standard InChI is InChI=1S/C12H16IN/c1-9-5-6-11(7-12(9)13)14-8-10-3-2-4-10/h5-7,10,14H,2-4,8H2,1H3. The summed E-state index contributed by atoms with van der Waals surface area (Å²) < 4.78 is 1.35. The van der Waals surface area contributed by atoms with Crippen LogP contribution < -0.4 is 5.32 Å². The van der Waals surface area contributed by atoms with Crippen molar-refractivity contribution < 1.29 is 0 Å². The predicted octanol–water partition coefficient (Wildman–Crippen LogP) is 3.81. The number of benzene rings is 1. The summed E-state index contributed by atoms with van der Waals surface area (Å²) in [7, 11) is 0. The van der Waals surface area contributed by atoms with Gasteiger partial charge >= 0.3 is 0 Å². The third kappa shape index (κ3) is 2.41. The van der Waals surface area contributed by atoms with Crippen molar-refractivity contribution in [3.63, 3.8) is 0 Å². The van der Waals surface area contributed by atoms with E-state index in [9.17, 15) is 0 Å². The van der Waals surface area contributed by atoms with Crippen molar-refractivity contribution in [2.24, 2.45) is 5.92 Å². The number of anilines is 1. The van der Waals surface area contributed by atoms with Gasteiger partial charge in [0.25, 0.3) is 0 Å². The first kappa shape index (κ1) is 10.3. The zero-order chi connectivity index (χ0) is 9.97. The molecule has 14 heavy (non-hydrogen) atoms. The maximum atomic E-state index is 3.51. The number of rotatable bonds is 3. The van der Waals surface area contributed by atoms with Crippen LogP contribution in [0.3, 0.4) is 0 Å². The quantitative estimate of drug-likeness (QED) is 0.837. The van der Waals surface area contributed by atoms with Gasteiger partial charge in [0, 0.05) is 15.8 Å². The molecule has 0 saturated heterocycles. The van der Waals surface area contributed by atoms with Crippen LogP contribution in [-0.2, 0) is 0 Å². The summed E-state index contributed by atoms with van der Waals surface area (Å²) in [4.78, 5) is 0. The third-order valence-corrected chi connectivity index (χ3v) is 4.15. The van der Waals surface area contributed by atoms with E-state index in [0.29, 0.717) is 0 Å². The van der Waals surface area contributed by atoms with E-state index in [1.165, 1.54) is 34.1 Å². The van der Waals surface area contributed by atoms with Crippen molar-refractivity contribution in [2.45, 2.75) is 26.2 Å². The lowest BCUT2D eigenvalue weighted by molar-refractivity contribution is 0.333. The third-order valence-electron chi connectivity index (χ3n) is 2.99. The molecule has 1 aromatic carbocycles. The second-order valence-electron chi connectivity index (χ2n) is 4.14. The Morgan fingerprint density at radius 1 is 1.43 bits per heavy atom. The van der Waals surface area contributed by atoms with E-state index < -0.39 is 0 Å². The molecular weight excluding hydrogens is 285 g/mol. The van der Waals surface area contributed by atoms with Crippen LogP contribution in [0.1, 0.15) is 24.8 Å². The van der Waals surface area contributed by atoms with Gasteiger partial charge in [-0.3, -0.25) is 0 Å². The molecule has 0 amide bonds. The van der Waals surface area contributed by atoms with Crippen molar-refractivity contribution in [1.29, 1.82) is 0 Å². The molecule has 0 radical (unpaired) electrons. The van der Waals surface area contributed by atoms with Gasteiger partial charge in [0.1, 0.15) is 0 Å². The van der Waals surface area contributed by atoms with Crippen molar-refractivity contribution >= 4 is 28.3 Å². The average Bonchev–Trinajstić information content (AvgIpc) is 2.08. The van der Waals surface area contributed by atoms with Crippen LogP contribution >= 0.6 is 22.6 Å². The Hall–Kier alpha value is -0.250. The second-order valence-corrected chi connectivity index (χ2v) is 5.30. The smallest absolute Gasteiger partial charge is 0.0351 e. The normalized spacial score (nSPS) is 16.4. The maximum Gasteiger partial charge on any atom is 0.0351 e. The van der Waals surface area contributed by atoms with Crippen LogP contribution in [0.5, 0.6) is 0 Å². The molecule has 0 aromatic heterocycles. The Morgan fingerprint density at radius 3 is 2.79 bits per heavy atom. The van der Waals surface area contributed by atoms with E-state index in [2.05, 4.69) is 53.0 Å². The molecule has 0 heterocycles. The van der Waals surface area contributed by atoms with Crippen LogP contribution in [0.25, 0.3) is 0 Å². The highest BCUT2D eigenvalue weighted by Crippen LogP contribution is 2.26. The van der Waals surface area contributed by atoms with E-state index in [0.717, 1.165) is 12.5 Å². The topological polar surface area (TPSA) is 12.0 Å². The van der Waals surface area contributed by atoms with Crippen LogP contribution in [0, 0.1) is 16.4 Å². The summed E-state index contributed by atoms with van der Waals surface area (Å²) in [6.07, 6.45) is 4.25. The minimum absolute atomic E-state index is 0.925. The van der Waals surface area contributed by atoms with Crippen molar-refractivity contribution in [2.75, 3.05) is 11.9 Å². The van der Waals surface area contributed by atoms with E-state index >= 15 is 0 Å². The summed E-state index contributed by atoms with van der Waals surface area (Å²) in [6.45, 7) is 3.30. The van der Waals surface area contributed by atoms with Crippen LogP contribution in [0.2, 0.25) is 0 Å². The van der Waals surface area contributed by atoms with E-state index in [4.69, 9.17) is 0 Å². The van der Waals surface area contributed by atoms with E-state index in [1.807, 2.05) is 0 Å². The Bertz CT molecular complexity index is 318. The highest BCUT2D eigenvalue weighted by Gasteiger charge is 2.16. The molecule has 1 aromatic rings. The highest BCUT2D eigenvalue weighted by atomic mass is 127. The molecule has 2 heteroatoms. The van der Waals surface area contributed by atoms with Crippen molar-refractivity contribution in [1.82, 2.24) is 0 Å². The minimum atomic E-state index is 0.925. The van der Waals surface area contributed by atoms with Gasteiger partial charge in [0.2, 0.25) is 0 Å². The van der Waals surface area contributed by atoms with Crippen molar-refractivity contribution in [3.8, 4) is 0 Å². The predicted molar refractivity (Wildman–Crippen MR) is 69.7 cm³/mol. The lowest BCUT2D eigenvalue weighted by atomic mass is 9.85. The summed E-state index contributed by atoms with van der Waals surface area (Å²) in [6, 6.07) is 6.59. The first-order valence-corrected chi connectivity index (χ1v) is 6.33. The lowest BCUT2D eigenvalue weighted by Gasteiger charge is -2.25. The van der Waals surface area contributed by atoms with Crippen LogP contribution in [0.4, 0.5) is 5.69 Å². The first-order valence-electron chi connectivity index (χ1n) is 5.26. The Balaban J connectivity index is 1.91. The summed E-state index contributed by atoms with van der Waals surface area (Å²) in [5, 5.41) is 3.51. The highest BCUT2D eigenvalue weighted by molar-refractivity contribution is 14.1. The number of hydrogen-bond donors (Lipinski definition) is 1. The Morgan fingerprint density at radius 2 is 2.21 bits per heavy atom. The molecule has 2 rings (SSSR count). The van der Waals surface area contributed by atoms with Gasteiger partial charge in [0.05, 0.1) is 0 Å². The maximum absolute atomic E-state index is 3.51. The van der Waals surface area contributed by atoms with Gasteiger partial charge in [-0.05, 0) is 66.0 Å². The number of halogens is 1. The Kier molecular flexibility index (Phi) is 3.31. The second kappa shape index (κ2) is 4.51. The molecule has 1 aliphatic rings. The molecule has 1 saturated carbocycles. The lowest BCUT2D eigenvalue weighted by Crippen LogP contribution is -2.20. The molecule has 1 fully saturated rings. The van der Waals surface area contributed by atoms with Gasteiger partial charge in [-0.1, -0.05) is 12.5 Å². The fraction of sp³-hybridized carbons (Fsp3) is 0.500. The molecule has 0 spiro atoms. The molecule has 76 valence electrons. The van der Waals surface area contributed by atoms with E-state index in [1.54, 1.807) is 0 Å². The summed E-state index contributed by atoms with van der Waals surface area (Å²) >= 11 is 2.39. The molecule has 0 unspecified atom stereocenters. The van der Waals surface area contributed by atoms with Gasteiger partial charge in [-0.2, -0.15) is 0 Å². The molecule has 1 nitrogen and oxygen atoms in total. The summed E-state index contributed by atoms with van der Waals surface area (Å²) in [5.41, 5.74) is 2.63. The zero-order valence-corrected chi connectivity index (χ0v) is 10.7. The van der Waals surface area contributed by atoms with E-state index in [-0.39, 0.29) is 0 Å². The molecule has 1 N–H and O–H groups in total. The molecule has 0 aliphatic heterocycles. The van der Waals surface area contributed by atoms with Crippen LogP contribution in [0.15, 0.2) is 18.2 Å². The fourth-order valence-corrected chi connectivity index (χ4v) is 2.18. The monoisotopic (exact) mass is 301 g/mol. The van der Waals surface area contributed by atoms with Crippen LogP contribution in [-0.4, -0.2) is 6.54 Å². The SMILES string of the molecule is Cc1ccc(NCC2CCC2)cc1I. The van der Waals surface area contributed by atoms with Gasteiger partial charge < -0.3 is 5.32 Å². The average molecular weight is 301 g/mol. The number of aryl methyl sites for hydroxylation is 1. The Labute approximate surface area is 99.4 Å².